The monoisotopic (exact) mass is 474 g/mol. The third-order valence-electron chi connectivity index (χ3n) is 6.32. The van der Waals surface area contributed by atoms with E-state index in [1.807, 2.05) is 27.9 Å². The van der Waals surface area contributed by atoms with Crippen molar-refractivity contribution in [2.45, 2.75) is 57.8 Å². The van der Waals surface area contributed by atoms with Crippen LogP contribution in [0.4, 0.5) is 5.69 Å². The van der Waals surface area contributed by atoms with E-state index in [1.54, 1.807) is 30.1 Å². The molecule has 2 aliphatic heterocycles. The van der Waals surface area contributed by atoms with E-state index in [-0.39, 0.29) is 48.5 Å². The number of benzene rings is 1. The fourth-order valence-electron chi connectivity index (χ4n) is 4.29. The van der Waals surface area contributed by atoms with Crippen molar-refractivity contribution in [1.82, 2.24) is 15.1 Å². The molecule has 2 N–H and O–H groups in total. The van der Waals surface area contributed by atoms with E-state index in [0.29, 0.717) is 36.4 Å². The maximum Gasteiger partial charge on any atom is 0.257 e. The highest BCUT2D eigenvalue weighted by Gasteiger charge is 2.39. The van der Waals surface area contributed by atoms with Crippen LogP contribution in [-0.4, -0.2) is 86.6 Å². The number of rotatable bonds is 8. The number of carbonyl (C=O) groups excluding carboxylic acids is 3. The van der Waals surface area contributed by atoms with Crippen LogP contribution >= 0.6 is 0 Å². The first-order chi connectivity index (χ1) is 16.2. The molecular formula is C25H38N4O5. The van der Waals surface area contributed by atoms with Crippen LogP contribution in [0.25, 0.3) is 0 Å². The number of nitrogens with zero attached hydrogens (tertiary/aromatic N) is 2. The van der Waals surface area contributed by atoms with Crippen molar-refractivity contribution in [1.29, 1.82) is 0 Å². The van der Waals surface area contributed by atoms with Gasteiger partial charge in [0.15, 0.2) is 0 Å². The summed E-state index contributed by atoms with van der Waals surface area (Å²) in [5.41, 5.74) is 0.984. The summed E-state index contributed by atoms with van der Waals surface area (Å²) in [5.74, 6) is -0.00107. The maximum atomic E-state index is 13.3. The van der Waals surface area contributed by atoms with Gasteiger partial charge in [0.1, 0.15) is 18.5 Å². The van der Waals surface area contributed by atoms with E-state index in [9.17, 15) is 14.4 Å². The topological polar surface area (TPSA) is 100 Å². The van der Waals surface area contributed by atoms with Crippen molar-refractivity contribution in [3.8, 4) is 5.75 Å². The van der Waals surface area contributed by atoms with Crippen LogP contribution in [0.2, 0.25) is 0 Å². The van der Waals surface area contributed by atoms with Gasteiger partial charge in [0.25, 0.3) is 5.91 Å². The summed E-state index contributed by atoms with van der Waals surface area (Å²) in [5, 5.41) is 5.80. The first kappa shape index (κ1) is 26.0. The molecule has 0 spiro atoms. The van der Waals surface area contributed by atoms with E-state index in [0.717, 1.165) is 19.4 Å². The number of likely N-dealkylation sites (N-methyl/N-ethyl adjacent to an activating group) is 1. The highest BCUT2D eigenvalue weighted by Crippen LogP contribution is 2.32. The quantitative estimate of drug-likeness (QED) is 0.560. The molecule has 2 aliphatic rings. The van der Waals surface area contributed by atoms with Gasteiger partial charge in [-0.2, -0.15) is 0 Å². The molecule has 3 rings (SSSR count). The van der Waals surface area contributed by atoms with Gasteiger partial charge in [0, 0.05) is 25.2 Å². The Morgan fingerprint density at radius 2 is 2.00 bits per heavy atom. The number of hydrogen-bond donors (Lipinski definition) is 2. The molecule has 0 radical (unpaired) electrons. The van der Waals surface area contributed by atoms with E-state index < -0.39 is 0 Å². The molecule has 1 aromatic rings. The number of ether oxygens (including phenoxy) is 2. The molecule has 34 heavy (non-hydrogen) atoms. The smallest absolute Gasteiger partial charge is 0.257 e. The number of carbonyl (C=O) groups is 3. The zero-order valence-corrected chi connectivity index (χ0v) is 20.9. The Morgan fingerprint density at radius 3 is 2.71 bits per heavy atom. The van der Waals surface area contributed by atoms with E-state index >= 15 is 0 Å². The van der Waals surface area contributed by atoms with Crippen LogP contribution in [0.5, 0.6) is 5.75 Å². The first-order valence-corrected chi connectivity index (χ1v) is 12.1. The van der Waals surface area contributed by atoms with Crippen LogP contribution in [0.15, 0.2) is 18.2 Å². The molecule has 0 saturated carbocycles. The van der Waals surface area contributed by atoms with Crippen molar-refractivity contribution in [2.24, 2.45) is 5.92 Å². The van der Waals surface area contributed by atoms with Gasteiger partial charge in [-0.25, -0.2) is 0 Å². The van der Waals surface area contributed by atoms with E-state index in [2.05, 4.69) is 15.5 Å². The summed E-state index contributed by atoms with van der Waals surface area (Å²) in [4.78, 5) is 41.5. The molecular weight excluding hydrogens is 436 g/mol. The standard InChI is InChI=1S/C25H38N4O5/c1-16(2)24(31)27-17-7-10-21-19(13-17)25(32)29(5)20-9-8-18(34-22(20)15-33-21)14-23(30)26-11-6-12-28(3)4/h7,10,13,16,18,20,22H,6,8-9,11-12,14-15H2,1-5H3,(H,26,30)(H,27,31)/t18-,20+,22-/m0/s1. The van der Waals surface area contributed by atoms with Gasteiger partial charge in [-0.05, 0) is 58.1 Å². The summed E-state index contributed by atoms with van der Waals surface area (Å²) in [6.07, 6.45) is 2.11. The Balaban J connectivity index is 1.62. The fourth-order valence-corrected chi connectivity index (χ4v) is 4.29. The van der Waals surface area contributed by atoms with Crippen LogP contribution in [0, 0.1) is 5.92 Å². The summed E-state index contributed by atoms with van der Waals surface area (Å²) >= 11 is 0. The fraction of sp³-hybridized carbons (Fsp3) is 0.640. The van der Waals surface area contributed by atoms with Crippen LogP contribution < -0.4 is 15.4 Å². The summed E-state index contributed by atoms with van der Waals surface area (Å²) < 4.78 is 12.2. The van der Waals surface area contributed by atoms with Crippen molar-refractivity contribution < 1.29 is 23.9 Å². The van der Waals surface area contributed by atoms with Gasteiger partial charge >= 0.3 is 0 Å². The molecule has 0 bridgehead atoms. The Labute approximate surface area is 202 Å². The molecule has 3 amide bonds. The van der Waals surface area contributed by atoms with Gasteiger partial charge in [-0.3, -0.25) is 14.4 Å². The Hall–Kier alpha value is -2.65. The molecule has 9 heteroatoms. The lowest BCUT2D eigenvalue weighted by Crippen LogP contribution is -2.54. The van der Waals surface area contributed by atoms with Crippen molar-refractivity contribution in [3.63, 3.8) is 0 Å². The summed E-state index contributed by atoms with van der Waals surface area (Å²) in [7, 11) is 5.79. The Morgan fingerprint density at radius 1 is 1.24 bits per heavy atom. The lowest BCUT2D eigenvalue weighted by molar-refractivity contribution is -0.134. The van der Waals surface area contributed by atoms with E-state index in [1.165, 1.54) is 0 Å². The minimum atomic E-state index is -0.317. The third-order valence-corrected chi connectivity index (χ3v) is 6.32. The molecule has 0 aliphatic carbocycles. The number of hydrogen-bond acceptors (Lipinski definition) is 6. The number of anilines is 1. The molecule has 188 valence electrons. The second-order valence-electron chi connectivity index (χ2n) is 9.73. The molecule has 1 fully saturated rings. The predicted molar refractivity (Wildman–Crippen MR) is 130 cm³/mol. The normalized spacial score (nSPS) is 22.4. The number of fused-ring (bicyclic) bond motifs is 2. The van der Waals surface area contributed by atoms with Crippen LogP contribution in [0.3, 0.4) is 0 Å². The molecule has 1 saturated heterocycles. The summed E-state index contributed by atoms with van der Waals surface area (Å²) in [6.45, 7) is 5.49. The van der Waals surface area contributed by atoms with Gasteiger partial charge in [0.05, 0.1) is 24.1 Å². The van der Waals surface area contributed by atoms with Crippen LogP contribution in [0.1, 0.15) is 49.9 Å². The Kier molecular flexibility index (Phi) is 8.90. The molecule has 3 atom stereocenters. The lowest BCUT2D eigenvalue weighted by Gasteiger charge is -2.42. The first-order valence-electron chi connectivity index (χ1n) is 12.1. The molecule has 0 aromatic heterocycles. The van der Waals surface area contributed by atoms with Gasteiger partial charge < -0.3 is 29.9 Å². The second kappa shape index (κ2) is 11.7. The summed E-state index contributed by atoms with van der Waals surface area (Å²) in [6, 6.07) is 4.96. The van der Waals surface area contributed by atoms with Gasteiger partial charge in [-0.1, -0.05) is 13.8 Å². The highest BCUT2D eigenvalue weighted by atomic mass is 16.5. The largest absolute Gasteiger partial charge is 0.490 e. The average Bonchev–Trinajstić information content (AvgIpc) is 2.79. The zero-order chi connectivity index (χ0) is 24.8. The number of nitrogens with one attached hydrogen (secondary N) is 2. The second-order valence-corrected chi connectivity index (χ2v) is 9.73. The van der Waals surface area contributed by atoms with Crippen molar-refractivity contribution in [2.75, 3.05) is 46.2 Å². The minimum absolute atomic E-state index is 0.0141. The molecule has 1 aromatic carbocycles. The highest BCUT2D eigenvalue weighted by molar-refractivity contribution is 6.00. The van der Waals surface area contributed by atoms with Gasteiger partial charge in [0.2, 0.25) is 11.8 Å². The third kappa shape index (κ3) is 6.70. The average molecular weight is 475 g/mol. The van der Waals surface area contributed by atoms with Gasteiger partial charge in [-0.15, -0.1) is 0 Å². The van der Waals surface area contributed by atoms with Crippen molar-refractivity contribution >= 4 is 23.4 Å². The van der Waals surface area contributed by atoms with E-state index in [4.69, 9.17) is 9.47 Å². The predicted octanol–water partition coefficient (Wildman–Crippen LogP) is 2.12. The number of amides is 3. The lowest BCUT2D eigenvalue weighted by atomic mass is 9.94. The zero-order valence-electron chi connectivity index (χ0n) is 20.9. The maximum absolute atomic E-state index is 13.3. The molecule has 9 nitrogen and oxygen atoms in total. The Bertz CT molecular complexity index is 888. The van der Waals surface area contributed by atoms with Crippen molar-refractivity contribution in [3.05, 3.63) is 23.8 Å². The minimum Gasteiger partial charge on any atom is -0.490 e. The molecule has 0 unspecified atom stereocenters. The SMILES string of the molecule is CC(C)C(=O)Nc1ccc2c(c1)C(=O)N(C)[C@@H]1CC[C@@H](CC(=O)NCCCN(C)C)O[C@H]1CO2. The van der Waals surface area contributed by atoms with Crippen LogP contribution in [-0.2, 0) is 14.3 Å². The molecule has 2 heterocycles.